The summed E-state index contributed by atoms with van der Waals surface area (Å²) in [4.78, 5) is 23.1. The van der Waals surface area contributed by atoms with Gasteiger partial charge in [-0.05, 0) is 37.5 Å². The Bertz CT molecular complexity index is 678. The lowest BCUT2D eigenvalue weighted by atomic mass is 10.2. The molecular formula is C18H22N4O. The first-order valence-corrected chi connectivity index (χ1v) is 8.17. The van der Waals surface area contributed by atoms with Crippen molar-refractivity contribution in [2.24, 2.45) is 0 Å². The molecule has 0 bridgehead atoms. The van der Waals surface area contributed by atoms with Crippen LogP contribution in [0.15, 0.2) is 36.7 Å². The third-order valence-corrected chi connectivity index (χ3v) is 4.09. The van der Waals surface area contributed by atoms with Gasteiger partial charge >= 0.3 is 0 Å². The molecule has 1 saturated heterocycles. The Morgan fingerprint density at radius 2 is 1.87 bits per heavy atom. The molecule has 23 heavy (non-hydrogen) atoms. The molecular weight excluding hydrogens is 288 g/mol. The van der Waals surface area contributed by atoms with Crippen LogP contribution in [0.3, 0.4) is 0 Å². The Labute approximate surface area is 136 Å². The molecule has 1 aromatic heterocycles. The molecule has 0 atom stereocenters. The normalized spacial score (nSPS) is 15.1. The maximum atomic E-state index is 12.4. The number of nitrogens with one attached hydrogen (secondary N) is 1. The molecule has 0 saturated carbocycles. The van der Waals surface area contributed by atoms with Crippen molar-refractivity contribution in [3.05, 3.63) is 47.9 Å². The lowest BCUT2D eigenvalue weighted by Crippen LogP contribution is -2.25. The molecule has 1 aliphatic heterocycles. The summed E-state index contributed by atoms with van der Waals surface area (Å²) >= 11 is 0. The maximum absolute atomic E-state index is 12.4. The van der Waals surface area contributed by atoms with E-state index in [1.165, 1.54) is 32.0 Å². The second-order valence-electron chi connectivity index (χ2n) is 5.99. The van der Waals surface area contributed by atoms with Crippen molar-refractivity contribution in [2.45, 2.75) is 32.6 Å². The highest BCUT2D eigenvalue weighted by atomic mass is 16.1. The Morgan fingerprint density at radius 3 is 2.61 bits per heavy atom. The quantitative estimate of drug-likeness (QED) is 0.943. The number of carbonyl (C=O) groups excluding carboxylic acids is 1. The number of hydrogen-bond donors (Lipinski definition) is 1. The van der Waals surface area contributed by atoms with Crippen molar-refractivity contribution < 1.29 is 4.79 Å². The number of nitrogens with zero attached hydrogens (tertiary/aromatic N) is 3. The van der Waals surface area contributed by atoms with Gasteiger partial charge in [0.2, 0.25) is 0 Å². The second-order valence-corrected chi connectivity index (χ2v) is 5.99. The van der Waals surface area contributed by atoms with Gasteiger partial charge in [-0.15, -0.1) is 0 Å². The lowest BCUT2D eigenvalue weighted by molar-refractivity contribution is 0.102. The fourth-order valence-electron chi connectivity index (χ4n) is 2.86. The topological polar surface area (TPSA) is 58.1 Å². The Kier molecular flexibility index (Phi) is 4.86. The SMILES string of the molecule is Cc1cccc(NC(=O)c2cc(N3CCCCCC3)ncn2)c1. The van der Waals surface area contributed by atoms with Crippen molar-refractivity contribution in [3.63, 3.8) is 0 Å². The van der Waals surface area contributed by atoms with Crippen molar-refractivity contribution in [1.82, 2.24) is 9.97 Å². The first-order valence-electron chi connectivity index (χ1n) is 8.17. The number of rotatable bonds is 3. The van der Waals surface area contributed by atoms with Gasteiger partial charge in [-0.1, -0.05) is 25.0 Å². The summed E-state index contributed by atoms with van der Waals surface area (Å²) in [5, 5.41) is 2.89. The molecule has 1 amide bonds. The van der Waals surface area contributed by atoms with Gasteiger partial charge in [-0.3, -0.25) is 4.79 Å². The van der Waals surface area contributed by atoms with Crippen LogP contribution >= 0.6 is 0 Å². The maximum Gasteiger partial charge on any atom is 0.274 e. The van der Waals surface area contributed by atoms with Gasteiger partial charge in [0.25, 0.3) is 5.91 Å². The molecule has 1 aliphatic rings. The van der Waals surface area contributed by atoms with Crippen LogP contribution in [-0.4, -0.2) is 29.0 Å². The van der Waals surface area contributed by atoms with Crippen molar-refractivity contribution in [2.75, 3.05) is 23.3 Å². The fourth-order valence-corrected chi connectivity index (χ4v) is 2.86. The van der Waals surface area contributed by atoms with E-state index in [1.807, 2.05) is 31.2 Å². The van der Waals surface area contributed by atoms with Gasteiger partial charge in [0.1, 0.15) is 17.8 Å². The van der Waals surface area contributed by atoms with Gasteiger partial charge < -0.3 is 10.2 Å². The van der Waals surface area contributed by atoms with Crippen molar-refractivity contribution >= 4 is 17.4 Å². The molecule has 1 N–H and O–H groups in total. The summed E-state index contributed by atoms with van der Waals surface area (Å²) in [6.45, 7) is 3.99. The molecule has 120 valence electrons. The third-order valence-electron chi connectivity index (χ3n) is 4.09. The van der Waals surface area contributed by atoms with E-state index in [-0.39, 0.29) is 5.91 Å². The van der Waals surface area contributed by atoms with Gasteiger partial charge in [-0.25, -0.2) is 9.97 Å². The van der Waals surface area contributed by atoms with Crippen LogP contribution in [0.1, 0.15) is 41.7 Å². The van der Waals surface area contributed by atoms with Crippen molar-refractivity contribution in [3.8, 4) is 0 Å². The minimum atomic E-state index is -0.200. The van der Waals surface area contributed by atoms with E-state index < -0.39 is 0 Å². The minimum absolute atomic E-state index is 0.200. The molecule has 0 radical (unpaired) electrons. The summed E-state index contributed by atoms with van der Waals surface area (Å²) < 4.78 is 0. The van der Waals surface area contributed by atoms with Crippen LogP contribution in [0.4, 0.5) is 11.5 Å². The molecule has 1 aromatic carbocycles. The van der Waals surface area contributed by atoms with E-state index in [0.29, 0.717) is 5.69 Å². The Hall–Kier alpha value is -2.43. The molecule has 0 spiro atoms. The molecule has 2 heterocycles. The van der Waals surface area contributed by atoms with Gasteiger partial charge in [0.15, 0.2) is 0 Å². The average Bonchev–Trinajstić information content (AvgIpc) is 2.84. The number of hydrogen-bond acceptors (Lipinski definition) is 4. The van der Waals surface area contributed by atoms with Crippen LogP contribution in [0.2, 0.25) is 0 Å². The summed E-state index contributed by atoms with van der Waals surface area (Å²) in [6.07, 6.45) is 6.36. The number of amides is 1. The lowest BCUT2D eigenvalue weighted by Gasteiger charge is -2.21. The molecule has 0 unspecified atom stereocenters. The largest absolute Gasteiger partial charge is 0.357 e. The van der Waals surface area contributed by atoms with Crippen LogP contribution in [-0.2, 0) is 0 Å². The first-order chi connectivity index (χ1) is 11.2. The van der Waals surface area contributed by atoms with Gasteiger partial charge in [-0.2, -0.15) is 0 Å². The van der Waals surface area contributed by atoms with Crippen molar-refractivity contribution in [1.29, 1.82) is 0 Å². The Morgan fingerprint density at radius 1 is 1.09 bits per heavy atom. The van der Waals surface area contributed by atoms with Gasteiger partial charge in [0.05, 0.1) is 0 Å². The smallest absolute Gasteiger partial charge is 0.274 e. The summed E-state index contributed by atoms with van der Waals surface area (Å²) in [5.41, 5.74) is 2.29. The zero-order valence-electron chi connectivity index (χ0n) is 13.5. The summed E-state index contributed by atoms with van der Waals surface area (Å²) in [7, 11) is 0. The number of aromatic nitrogens is 2. The number of anilines is 2. The number of benzene rings is 1. The summed E-state index contributed by atoms with van der Waals surface area (Å²) in [6, 6.07) is 9.53. The predicted molar refractivity (Wildman–Crippen MR) is 91.8 cm³/mol. The highest BCUT2D eigenvalue weighted by Crippen LogP contribution is 2.18. The van der Waals surface area contributed by atoms with E-state index in [9.17, 15) is 4.79 Å². The zero-order chi connectivity index (χ0) is 16.1. The monoisotopic (exact) mass is 310 g/mol. The highest BCUT2D eigenvalue weighted by Gasteiger charge is 2.14. The first kappa shape index (κ1) is 15.5. The van der Waals surface area contributed by atoms with Crippen LogP contribution < -0.4 is 10.2 Å². The third kappa shape index (κ3) is 4.06. The van der Waals surface area contributed by atoms with E-state index in [4.69, 9.17) is 0 Å². The molecule has 1 fully saturated rings. The van der Waals surface area contributed by atoms with Crippen LogP contribution in [0.5, 0.6) is 0 Å². The Balaban J connectivity index is 1.74. The molecule has 5 heteroatoms. The minimum Gasteiger partial charge on any atom is -0.357 e. The van der Waals surface area contributed by atoms with Gasteiger partial charge in [0, 0.05) is 24.8 Å². The van der Waals surface area contributed by atoms with Crippen LogP contribution in [0, 0.1) is 6.92 Å². The van der Waals surface area contributed by atoms with E-state index in [2.05, 4.69) is 20.2 Å². The average molecular weight is 310 g/mol. The number of aryl methyl sites for hydroxylation is 1. The molecule has 5 nitrogen and oxygen atoms in total. The molecule has 0 aliphatic carbocycles. The highest BCUT2D eigenvalue weighted by molar-refractivity contribution is 6.03. The van der Waals surface area contributed by atoms with Crippen LogP contribution in [0.25, 0.3) is 0 Å². The summed E-state index contributed by atoms with van der Waals surface area (Å²) in [5.74, 6) is 0.644. The molecule has 2 aromatic rings. The van der Waals surface area contributed by atoms with E-state index in [0.717, 1.165) is 30.2 Å². The predicted octanol–water partition coefficient (Wildman–Crippen LogP) is 3.42. The fraction of sp³-hybridized carbons (Fsp3) is 0.389. The standard InChI is InChI=1S/C18H22N4O/c1-14-7-6-8-15(11-14)21-18(23)16-12-17(20-13-19-16)22-9-4-2-3-5-10-22/h6-8,11-13H,2-5,9-10H2,1H3,(H,21,23). The number of carbonyl (C=O) groups is 1. The van der Waals surface area contributed by atoms with E-state index >= 15 is 0 Å². The zero-order valence-corrected chi connectivity index (χ0v) is 13.5. The molecule has 3 rings (SSSR count). The van der Waals surface area contributed by atoms with E-state index in [1.54, 1.807) is 6.07 Å². The second kappa shape index (κ2) is 7.22.